The molecule has 1 saturated heterocycles. The highest BCUT2D eigenvalue weighted by Gasteiger charge is 2.14. The molecule has 7 heteroatoms. The molecule has 0 radical (unpaired) electrons. The molecule has 1 amide bonds. The lowest BCUT2D eigenvalue weighted by Crippen LogP contribution is -2.36. The molecular formula is C18H19N3O4. The summed E-state index contributed by atoms with van der Waals surface area (Å²) < 4.78 is 9.99. The first-order chi connectivity index (χ1) is 12.2. The molecule has 1 aromatic heterocycles. The number of anilines is 2. The van der Waals surface area contributed by atoms with Gasteiger partial charge in [0.25, 0.3) is 5.91 Å². The average molecular weight is 341 g/mol. The Morgan fingerprint density at radius 3 is 2.64 bits per heavy atom. The number of carbonyl (C=O) groups is 2. The minimum absolute atomic E-state index is 0.289. The van der Waals surface area contributed by atoms with Gasteiger partial charge in [-0.1, -0.05) is 6.07 Å². The second kappa shape index (κ2) is 7.76. The minimum atomic E-state index is -0.451. The summed E-state index contributed by atoms with van der Waals surface area (Å²) in [5, 5.41) is 2.76. The van der Waals surface area contributed by atoms with Crippen molar-refractivity contribution in [2.45, 2.75) is 0 Å². The normalized spacial score (nSPS) is 14.0. The largest absolute Gasteiger partial charge is 0.465 e. The van der Waals surface area contributed by atoms with Crippen LogP contribution in [0.4, 0.5) is 11.5 Å². The van der Waals surface area contributed by atoms with Crippen LogP contribution in [-0.4, -0.2) is 50.3 Å². The van der Waals surface area contributed by atoms with E-state index in [1.54, 1.807) is 36.5 Å². The third kappa shape index (κ3) is 4.13. The molecular weight excluding hydrogens is 322 g/mol. The van der Waals surface area contributed by atoms with Gasteiger partial charge in [0, 0.05) is 25.0 Å². The second-order valence-electron chi connectivity index (χ2n) is 5.53. The Labute approximate surface area is 145 Å². The van der Waals surface area contributed by atoms with Crippen LogP contribution in [0.3, 0.4) is 0 Å². The number of morpholine rings is 1. The lowest BCUT2D eigenvalue weighted by molar-refractivity contribution is 0.0600. The number of hydrogen-bond acceptors (Lipinski definition) is 6. The smallest absolute Gasteiger partial charge is 0.337 e. The molecule has 0 atom stereocenters. The Kier molecular flexibility index (Phi) is 5.25. The van der Waals surface area contributed by atoms with E-state index in [0.717, 1.165) is 18.9 Å². The first-order valence-corrected chi connectivity index (χ1v) is 7.96. The number of benzene rings is 1. The first-order valence-electron chi connectivity index (χ1n) is 7.96. The zero-order valence-corrected chi connectivity index (χ0v) is 13.9. The lowest BCUT2D eigenvalue weighted by Gasteiger charge is -2.27. The molecule has 7 nitrogen and oxygen atoms in total. The summed E-state index contributed by atoms with van der Waals surface area (Å²) in [6.45, 7) is 2.94. The van der Waals surface area contributed by atoms with E-state index in [0.29, 0.717) is 30.0 Å². The van der Waals surface area contributed by atoms with Gasteiger partial charge in [-0.15, -0.1) is 0 Å². The van der Waals surface area contributed by atoms with Gasteiger partial charge < -0.3 is 19.7 Å². The summed E-state index contributed by atoms with van der Waals surface area (Å²) in [5.74, 6) is 0.0863. The number of ether oxygens (including phenoxy) is 2. The van der Waals surface area contributed by atoms with Gasteiger partial charge in [-0.2, -0.15) is 0 Å². The van der Waals surface area contributed by atoms with E-state index < -0.39 is 5.97 Å². The van der Waals surface area contributed by atoms with E-state index in [2.05, 4.69) is 19.9 Å². The van der Waals surface area contributed by atoms with Crippen molar-refractivity contribution in [3.05, 3.63) is 53.7 Å². The molecule has 0 aliphatic carbocycles. The quantitative estimate of drug-likeness (QED) is 0.856. The maximum atomic E-state index is 12.4. The molecule has 2 heterocycles. The Morgan fingerprint density at radius 2 is 1.96 bits per heavy atom. The van der Waals surface area contributed by atoms with Crippen LogP contribution in [0.1, 0.15) is 20.7 Å². The fourth-order valence-corrected chi connectivity index (χ4v) is 2.54. The summed E-state index contributed by atoms with van der Waals surface area (Å²) in [5.41, 5.74) is 1.34. The molecule has 1 aromatic carbocycles. The maximum absolute atomic E-state index is 12.4. The Balaban J connectivity index is 1.68. The van der Waals surface area contributed by atoms with Crippen molar-refractivity contribution in [3.8, 4) is 0 Å². The predicted molar refractivity (Wildman–Crippen MR) is 93.0 cm³/mol. The van der Waals surface area contributed by atoms with Crippen molar-refractivity contribution in [3.63, 3.8) is 0 Å². The van der Waals surface area contributed by atoms with E-state index in [4.69, 9.17) is 4.74 Å². The van der Waals surface area contributed by atoms with Gasteiger partial charge in [-0.3, -0.25) is 4.79 Å². The number of pyridine rings is 1. The fourth-order valence-electron chi connectivity index (χ4n) is 2.54. The van der Waals surface area contributed by atoms with Gasteiger partial charge in [-0.25, -0.2) is 9.78 Å². The summed E-state index contributed by atoms with van der Waals surface area (Å²) in [6.07, 6.45) is 1.55. The van der Waals surface area contributed by atoms with Crippen molar-refractivity contribution in [1.29, 1.82) is 0 Å². The number of nitrogens with one attached hydrogen (secondary N) is 1. The molecule has 1 aliphatic heterocycles. The number of rotatable bonds is 4. The molecule has 25 heavy (non-hydrogen) atoms. The van der Waals surface area contributed by atoms with Crippen LogP contribution >= 0.6 is 0 Å². The van der Waals surface area contributed by atoms with Crippen LogP contribution in [0.15, 0.2) is 42.6 Å². The monoisotopic (exact) mass is 341 g/mol. The van der Waals surface area contributed by atoms with Crippen LogP contribution in [0.5, 0.6) is 0 Å². The van der Waals surface area contributed by atoms with Gasteiger partial charge in [0.1, 0.15) is 5.82 Å². The molecule has 0 bridgehead atoms. The summed E-state index contributed by atoms with van der Waals surface area (Å²) >= 11 is 0. The van der Waals surface area contributed by atoms with E-state index in [-0.39, 0.29) is 5.91 Å². The molecule has 2 aromatic rings. The highest BCUT2D eigenvalue weighted by atomic mass is 16.5. The average Bonchev–Trinajstić information content (AvgIpc) is 2.68. The highest BCUT2D eigenvalue weighted by molar-refractivity contribution is 6.04. The van der Waals surface area contributed by atoms with Crippen molar-refractivity contribution in [1.82, 2.24) is 4.98 Å². The number of methoxy groups -OCH3 is 1. The standard InChI is InChI=1S/C18H19N3O4/c1-24-18(23)13-3-2-4-15(11-13)20-17(22)14-5-6-16(19-12-14)21-7-9-25-10-8-21/h2-6,11-12H,7-10H2,1H3,(H,20,22). The SMILES string of the molecule is COC(=O)c1cccc(NC(=O)c2ccc(N3CCOCC3)nc2)c1. The van der Waals surface area contributed by atoms with Gasteiger partial charge in [-0.05, 0) is 30.3 Å². The van der Waals surface area contributed by atoms with Gasteiger partial charge in [0.2, 0.25) is 0 Å². The molecule has 1 aliphatic rings. The maximum Gasteiger partial charge on any atom is 0.337 e. The topological polar surface area (TPSA) is 80.8 Å². The predicted octanol–water partition coefficient (Wildman–Crippen LogP) is 1.96. The van der Waals surface area contributed by atoms with Crippen LogP contribution in [0.2, 0.25) is 0 Å². The minimum Gasteiger partial charge on any atom is -0.465 e. The zero-order chi connectivity index (χ0) is 17.6. The van der Waals surface area contributed by atoms with Gasteiger partial charge in [0.15, 0.2) is 0 Å². The van der Waals surface area contributed by atoms with Crippen molar-refractivity contribution in [2.24, 2.45) is 0 Å². The molecule has 1 N–H and O–H groups in total. The van der Waals surface area contributed by atoms with Crippen LogP contribution in [0, 0.1) is 0 Å². The van der Waals surface area contributed by atoms with E-state index in [1.807, 2.05) is 6.07 Å². The second-order valence-corrected chi connectivity index (χ2v) is 5.53. The van der Waals surface area contributed by atoms with Crippen LogP contribution in [-0.2, 0) is 9.47 Å². The molecule has 1 fully saturated rings. The number of carbonyl (C=O) groups excluding carboxylic acids is 2. The van der Waals surface area contributed by atoms with Crippen molar-refractivity contribution >= 4 is 23.4 Å². The molecule has 0 unspecified atom stereocenters. The van der Waals surface area contributed by atoms with Crippen molar-refractivity contribution in [2.75, 3.05) is 43.6 Å². The van der Waals surface area contributed by atoms with Gasteiger partial charge >= 0.3 is 5.97 Å². The lowest BCUT2D eigenvalue weighted by atomic mass is 10.2. The van der Waals surface area contributed by atoms with E-state index in [9.17, 15) is 9.59 Å². The number of nitrogens with zero attached hydrogens (tertiary/aromatic N) is 2. The summed E-state index contributed by atoms with van der Waals surface area (Å²) in [6, 6.07) is 10.1. The summed E-state index contributed by atoms with van der Waals surface area (Å²) in [4.78, 5) is 30.4. The molecule has 0 saturated carbocycles. The Morgan fingerprint density at radius 1 is 1.16 bits per heavy atom. The van der Waals surface area contributed by atoms with E-state index >= 15 is 0 Å². The molecule has 0 spiro atoms. The fraction of sp³-hybridized carbons (Fsp3) is 0.278. The third-order valence-electron chi connectivity index (χ3n) is 3.89. The number of aromatic nitrogens is 1. The van der Waals surface area contributed by atoms with Crippen LogP contribution < -0.4 is 10.2 Å². The summed E-state index contributed by atoms with van der Waals surface area (Å²) in [7, 11) is 1.31. The number of hydrogen-bond donors (Lipinski definition) is 1. The zero-order valence-electron chi connectivity index (χ0n) is 13.9. The van der Waals surface area contributed by atoms with Crippen LogP contribution in [0.25, 0.3) is 0 Å². The number of esters is 1. The van der Waals surface area contributed by atoms with Crippen molar-refractivity contribution < 1.29 is 19.1 Å². The Bertz CT molecular complexity index is 755. The Hall–Kier alpha value is -2.93. The molecule has 130 valence electrons. The third-order valence-corrected chi connectivity index (χ3v) is 3.89. The number of amides is 1. The molecule has 3 rings (SSSR count). The highest BCUT2D eigenvalue weighted by Crippen LogP contribution is 2.16. The first kappa shape index (κ1) is 16.9. The van der Waals surface area contributed by atoms with E-state index in [1.165, 1.54) is 7.11 Å². The van der Waals surface area contributed by atoms with Gasteiger partial charge in [0.05, 0.1) is 31.5 Å².